The number of amides is 3. The van der Waals surface area contributed by atoms with Crippen LogP contribution in [0.4, 0.5) is 16.2 Å². The molecule has 0 saturated carbocycles. The van der Waals surface area contributed by atoms with E-state index in [0.717, 1.165) is 0 Å². The summed E-state index contributed by atoms with van der Waals surface area (Å²) in [6.45, 7) is 7.31. The van der Waals surface area contributed by atoms with Gasteiger partial charge in [0.2, 0.25) is 0 Å². The van der Waals surface area contributed by atoms with Crippen LogP contribution in [0.5, 0.6) is 5.75 Å². The summed E-state index contributed by atoms with van der Waals surface area (Å²) in [7, 11) is 0. The van der Waals surface area contributed by atoms with Crippen molar-refractivity contribution >= 4 is 29.3 Å². The van der Waals surface area contributed by atoms with E-state index in [0.29, 0.717) is 23.7 Å². The molecule has 2 aromatic rings. The molecule has 31 heavy (non-hydrogen) atoms. The fourth-order valence-corrected chi connectivity index (χ4v) is 2.71. The minimum absolute atomic E-state index is 0.247. The number of hydrogen-bond donors (Lipinski definition) is 3. The molecule has 0 aromatic heterocycles. The average Bonchev–Trinajstić information content (AvgIpc) is 2.74. The van der Waals surface area contributed by atoms with E-state index >= 15 is 0 Å². The summed E-state index contributed by atoms with van der Waals surface area (Å²) in [4.78, 5) is 37.4. The molecule has 0 spiro atoms. The third-order valence-corrected chi connectivity index (χ3v) is 4.35. The maximum Gasteiger partial charge on any atom is 0.329 e. The lowest BCUT2D eigenvalue weighted by molar-refractivity contribution is -0.156. The standard InChI is InChI=1S/C23H29N3O5/c1-5-30-19-14-10-9-13-18(19)25-21(27)16(4)31-22(28)20(15(2)3)26-23(29)24-17-11-7-6-8-12-17/h6-16,20H,5H2,1-4H3,(H,25,27)(H2,24,26,29)/t16-,20+/m1/s1. The number of carbonyl (C=O) groups is 3. The highest BCUT2D eigenvalue weighted by Crippen LogP contribution is 2.24. The molecule has 8 nitrogen and oxygen atoms in total. The minimum Gasteiger partial charge on any atom is -0.492 e. The van der Waals surface area contributed by atoms with Crippen molar-refractivity contribution in [2.75, 3.05) is 17.2 Å². The molecule has 0 saturated heterocycles. The predicted octanol–water partition coefficient (Wildman–Crippen LogP) is 3.80. The number of benzene rings is 2. The van der Waals surface area contributed by atoms with Crippen LogP contribution in [-0.4, -0.2) is 36.7 Å². The molecule has 3 N–H and O–H groups in total. The summed E-state index contributed by atoms with van der Waals surface area (Å²) in [5.74, 6) is -0.921. The molecule has 0 fully saturated rings. The Bertz CT molecular complexity index is 886. The van der Waals surface area contributed by atoms with Crippen molar-refractivity contribution in [3.63, 3.8) is 0 Å². The molecule has 0 unspecified atom stereocenters. The number of anilines is 2. The Labute approximate surface area is 182 Å². The number of rotatable bonds is 9. The molecule has 2 atom stereocenters. The van der Waals surface area contributed by atoms with Crippen LogP contribution in [0.3, 0.4) is 0 Å². The van der Waals surface area contributed by atoms with Gasteiger partial charge in [-0.15, -0.1) is 0 Å². The first kappa shape index (κ1) is 23.7. The van der Waals surface area contributed by atoms with Gasteiger partial charge in [-0.3, -0.25) is 4.79 Å². The number of hydrogen-bond acceptors (Lipinski definition) is 5. The molecule has 2 rings (SSSR count). The number of esters is 1. The topological polar surface area (TPSA) is 106 Å². The van der Waals surface area contributed by atoms with E-state index in [1.807, 2.05) is 13.0 Å². The average molecular weight is 428 g/mol. The van der Waals surface area contributed by atoms with Crippen LogP contribution in [0.2, 0.25) is 0 Å². The second-order valence-electron chi connectivity index (χ2n) is 7.18. The highest BCUT2D eigenvalue weighted by Gasteiger charge is 2.29. The molecule has 0 bridgehead atoms. The summed E-state index contributed by atoms with van der Waals surface area (Å²) in [6.07, 6.45) is -1.07. The number of para-hydroxylation sites is 3. The van der Waals surface area contributed by atoms with Crippen LogP contribution in [0.1, 0.15) is 27.7 Å². The van der Waals surface area contributed by atoms with E-state index in [1.165, 1.54) is 6.92 Å². The van der Waals surface area contributed by atoms with Crippen molar-refractivity contribution in [3.8, 4) is 5.75 Å². The first-order valence-corrected chi connectivity index (χ1v) is 10.2. The van der Waals surface area contributed by atoms with Gasteiger partial charge >= 0.3 is 12.0 Å². The zero-order chi connectivity index (χ0) is 22.8. The Balaban J connectivity index is 1.96. The maximum atomic E-state index is 12.6. The fourth-order valence-electron chi connectivity index (χ4n) is 2.71. The van der Waals surface area contributed by atoms with E-state index in [-0.39, 0.29) is 5.92 Å². The van der Waals surface area contributed by atoms with Gasteiger partial charge in [0.25, 0.3) is 5.91 Å². The van der Waals surface area contributed by atoms with Crippen LogP contribution in [0.15, 0.2) is 54.6 Å². The lowest BCUT2D eigenvalue weighted by atomic mass is 10.0. The molecular weight excluding hydrogens is 398 g/mol. The molecule has 166 valence electrons. The van der Waals surface area contributed by atoms with E-state index < -0.39 is 30.1 Å². The maximum absolute atomic E-state index is 12.6. The van der Waals surface area contributed by atoms with Crippen molar-refractivity contribution in [3.05, 3.63) is 54.6 Å². The normalized spacial score (nSPS) is 12.4. The van der Waals surface area contributed by atoms with Crippen LogP contribution in [-0.2, 0) is 14.3 Å². The summed E-state index contributed by atoms with van der Waals surface area (Å²) >= 11 is 0. The van der Waals surface area contributed by atoms with Crippen molar-refractivity contribution in [1.29, 1.82) is 0 Å². The molecule has 8 heteroatoms. The first-order valence-electron chi connectivity index (χ1n) is 10.2. The van der Waals surface area contributed by atoms with Gasteiger partial charge in [-0.1, -0.05) is 44.2 Å². The zero-order valence-electron chi connectivity index (χ0n) is 18.2. The second kappa shape index (κ2) is 11.6. The monoisotopic (exact) mass is 427 g/mol. The Morgan fingerprint density at radius 1 is 0.903 bits per heavy atom. The zero-order valence-corrected chi connectivity index (χ0v) is 18.2. The third kappa shape index (κ3) is 7.33. The van der Waals surface area contributed by atoms with Gasteiger partial charge in [0, 0.05) is 5.69 Å². The number of nitrogens with one attached hydrogen (secondary N) is 3. The van der Waals surface area contributed by atoms with Crippen molar-refractivity contribution in [1.82, 2.24) is 5.32 Å². The molecule has 2 aromatic carbocycles. The molecule has 0 heterocycles. The van der Waals surface area contributed by atoms with Gasteiger partial charge in [0.05, 0.1) is 12.3 Å². The van der Waals surface area contributed by atoms with Crippen molar-refractivity contribution < 1.29 is 23.9 Å². The Morgan fingerprint density at radius 2 is 1.55 bits per heavy atom. The molecule has 0 aliphatic rings. The first-order chi connectivity index (χ1) is 14.8. The minimum atomic E-state index is -1.07. The second-order valence-corrected chi connectivity index (χ2v) is 7.18. The molecule has 0 aliphatic carbocycles. The van der Waals surface area contributed by atoms with E-state index in [4.69, 9.17) is 9.47 Å². The molecule has 3 amide bonds. The van der Waals surface area contributed by atoms with E-state index in [1.54, 1.807) is 62.4 Å². The van der Waals surface area contributed by atoms with Crippen molar-refractivity contribution in [2.24, 2.45) is 5.92 Å². The van der Waals surface area contributed by atoms with Crippen LogP contribution >= 0.6 is 0 Å². The summed E-state index contributed by atoms with van der Waals surface area (Å²) < 4.78 is 10.8. The fraction of sp³-hybridized carbons (Fsp3) is 0.348. The van der Waals surface area contributed by atoms with E-state index in [9.17, 15) is 14.4 Å². The van der Waals surface area contributed by atoms with Gasteiger partial charge in [-0.05, 0) is 44.0 Å². The lowest BCUT2D eigenvalue weighted by Gasteiger charge is -2.23. The summed E-state index contributed by atoms with van der Waals surface area (Å²) in [6, 6.07) is 14.4. The Kier molecular flexibility index (Phi) is 8.87. The predicted molar refractivity (Wildman–Crippen MR) is 119 cm³/mol. The third-order valence-electron chi connectivity index (χ3n) is 4.35. The Hall–Kier alpha value is -3.55. The van der Waals surface area contributed by atoms with Gasteiger partial charge < -0.3 is 25.4 Å². The smallest absolute Gasteiger partial charge is 0.329 e. The number of ether oxygens (including phenoxy) is 2. The quantitative estimate of drug-likeness (QED) is 0.528. The highest BCUT2D eigenvalue weighted by atomic mass is 16.5. The van der Waals surface area contributed by atoms with Crippen molar-refractivity contribution in [2.45, 2.75) is 39.8 Å². The molecule has 0 radical (unpaired) electrons. The summed E-state index contributed by atoms with van der Waals surface area (Å²) in [5, 5.41) is 7.97. The largest absolute Gasteiger partial charge is 0.492 e. The lowest BCUT2D eigenvalue weighted by Crippen LogP contribution is -2.48. The molecule has 0 aliphatic heterocycles. The number of carbonyl (C=O) groups excluding carboxylic acids is 3. The summed E-state index contributed by atoms with van der Waals surface area (Å²) in [5.41, 5.74) is 1.08. The van der Waals surface area contributed by atoms with Crippen LogP contribution in [0, 0.1) is 5.92 Å². The Morgan fingerprint density at radius 3 is 2.19 bits per heavy atom. The SMILES string of the molecule is CCOc1ccccc1NC(=O)[C@@H](C)OC(=O)[C@@H](NC(=O)Nc1ccccc1)C(C)C. The van der Waals surface area contributed by atoms with Gasteiger partial charge in [-0.2, -0.15) is 0 Å². The van der Waals surface area contributed by atoms with Crippen LogP contribution < -0.4 is 20.7 Å². The van der Waals surface area contributed by atoms with Gasteiger partial charge in [-0.25, -0.2) is 9.59 Å². The molecular formula is C23H29N3O5. The van der Waals surface area contributed by atoms with E-state index in [2.05, 4.69) is 16.0 Å². The van der Waals surface area contributed by atoms with Crippen LogP contribution in [0.25, 0.3) is 0 Å². The van der Waals surface area contributed by atoms with Gasteiger partial charge in [0.15, 0.2) is 6.10 Å². The number of urea groups is 1. The highest BCUT2D eigenvalue weighted by molar-refractivity contribution is 5.97. The van der Waals surface area contributed by atoms with Gasteiger partial charge in [0.1, 0.15) is 11.8 Å².